The normalized spacial score (nSPS) is 20.9. The highest BCUT2D eigenvalue weighted by Crippen LogP contribution is 2.56. The molecular formula is C17H14Cl4F3N3OS2. The lowest BCUT2D eigenvalue weighted by Crippen LogP contribution is -2.42. The fourth-order valence-electron chi connectivity index (χ4n) is 3.66. The summed E-state index contributed by atoms with van der Waals surface area (Å²) in [7, 11) is 0. The van der Waals surface area contributed by atoms with Gasteiger partial charge < -0.3 is 10.6 Å². The van der Waals surface area contributed by atoms with Gasteiger partial charge in [-0.3, -0.25) is 5.41 Å². The van der Waals surface area contributed by atoms with E-state index >= 15 is 0 Å². The minimum atomic E-state index is -4.81. The summed E-state index contributed by atoms with van der Waals surface area (Å²) in [4.78, 5) is 5.91. The summed E-state index contributed by atoms with van der Waals surface area (Å²) in [6, 6.07) is 0. The highest BCUT2D eigenvalue weighted by Gasteiger charge is 2.64. The van der Waals surface area contributed by atoms with E-state index in [0.29, 0.717) is 27.5 Å². The van der Waals surface area contributed by atoms with Gasteiger partial charge in [-0.2, -0.15) is 13.2 Å². The fraction of sp³-hybridized carbons (Fsp3) is 0.412. The van der Waals surface area contributed by atoms with Crippen molar-refractivity contribution in [3.8, 4) is 0 Å². The molecule has 0 spiro atoms. The number of hydrogen-bond acceptors (Lipinski definition) is 5. The standard InChI is InChI=1S/C17H13Cl3F3N3OS2.ClH/c18-9-10(19)14(20)29-13(9)16(17(21,22)23)5-8(26-27-16)11-6-3-1-2-4-7(6)12(28-11)15(24)25;/h1-5H2,(H3,24,25);1H. The van der Waals surface area contributed by atoms with Crippen LogP contribution in [-0.2, 0) is 23.3 Å². The molecular weight excluding hydrogens is 525 g/mol. The Balaban J connectivity index is 0.00000256. The number of nitrogen functional groups attached to an aromatic ring is 1. The average Bonchev–Trinajstić information content (AvgIpc) is 3.32. The Morgan fingerprint density at radius 3 is 2.27 bits per heavy atom. The maximum Gasteiger partial charge on any atom is 0.436 e. The second-order valence-corrected chi connectivity index (χ2v) is 10.2. The van der Waals surface area contributed by atoms with Crippen LogP contribution >= 0.6 is 69.9 Å². The van der Waals surface area contributed by atoms with Crippen molar-refractivity contribution in [3.63, 3.8) is 0 Å². The molecule has 1 aliphatic carbocycles. The molecule has 1 atom stereocenters. The molecule has 1 aliphatic heterocycles. The van der Waals surface area contributed by atoms with Crippen LogP contribution in [0.1, 0.15) is 45.0 Å². The lowest BCUT2D eigenvalue weighted by molar-refractivity contribution is -0.274. The topological polar surface area (TPSA) is 71.5 Å². The first-order chi connectivity index (χ1) is 13.6. The number of nitrogens with two attached hydrogens (primary N) is 1. The number of amidine groups is 1. The van der Waals surface area contributed by atoms with E-state index in [-0.39, 0.29) is 43.2 Å². The molecule has 0 saturated heterocycles. The van der Waals surface area contributed by atoms with Crippen LogP contribution in [0.4, 0.5) is 13.2 Å². The first-order valence-corrected chi connectivity index (χ1v) is 11.3. The van der Waals surface area contributed by atoms with Gasteiger partial charge in [-0.1, -0.05) is 40.0 Å². The Morgan fingerprint density at radius 1 is 1.10 bits per heavy atom. The van der Waals surface area contributed by atoms with E-state index in [1.807, 2.05) is 0 Å². The summed E-state index contributed by atoms with van der Waals surface area (Å²) in [5, 5.41) is 11.2. The Morgan fingerprint density at radius 2 is 1.73 bits per heavy atom. The van der Waals surface area contributed by atoms with Crippen LogP contribution in [0.5, 0.6) is 0 Å². The third kappa shape index (κ3) is 3.61. The summed E-state index contributed by atoms with van der Waals surface area (Å²) in [6.07, 6.45) is -2.08. The number of rotatable bonds is 3. The van der Waals surface area contributed by atoms with E-state index in [9.17, 15) is 13.2 Å². The van der Waals surface area contributed by atoms with Gasteiger partial charge in [0.2, 0.25) is 0 Å². The van der Waals surface area contributed by atoms with Gasteiger partial charge in [0.05, 0.1) is 31.1 Å². The average molecular weight is 539 g/mol. The van der Waals surface area contributed by atoms with Crippen LogP contribution in [0.2, 0.25) is 14.4 Å². The molecule has 0 fully saturated rings. The fourth-order valence-corrected chi connectivity index (χ4v) is 6.92. The predicted octanol–water partition coefficient (Wildman–Crippen LogP) is 6.94. The number of hydrogen-bond donors (Lipinski definition) is 2. The van der Waals surface area contributed by atoms with Crippen molar-refractivity contribution < 1.29 is 18.0 Å². The van der Waals surface area contributed by atoms with Crippen LogP contribution in [0.25, 0.3) is 0 Å². The van der Waals surface area contributed by atoms with E-state index in [1.165, 1.54) is 11.3 Å². The second-order valence-electron chi connectivity index (χ2n) is 6.80. The maximum atomic E-state index is 14.2. The predicted molar refractivity (Wildman–Crippen MR) is 119 cm³/mol. The molecule has 3 heterocycles. The monoisotopic (exact) mass is 537 g/mol. The van der Waals surface area contributed by atoms with Gasteiger partial charge in [0.15, 0.2) is 0 Å². The highest BCUT2D eigenvalue weighted by atomic mass is 35.5. The minimum Gasteiger partial charge on any atom is -0.383 e. The van der Waals surface area contributed by atoms with Crippen molar-refractivity contribution in [1.29, 1.82) is 5.41 Å². The molecule has 0 radical (unpaired) electrons. The van der Waals surface area contributed by atoms with Crippen molar-refractivity contribution in [2.24, 2.45) is 10.9 Å². The molecule has 0 aromatic carbocycles. The van der Waals surface area contributed by atoms with Crippen LogP contribution in [0, 0.1) is 5.41 Å². The third-order valence-corrected chi connectivity index (χ3v) is 9.11. The van der Waals surface area contributed by atoms with Crippen LogP contribution in [-0.4, -0.2) is 17.7 Å². The van der Waals surface area contributed by atoms with Gasteiger partial charge in [0, 0.05) is 0 Å². The Hall–Kier alpha value is -0.710. The molecule has 13 heteroatoms. The zero-order valence-corrected chi connectivity index (χ0v) is 19.7. The van der Waals surface area contributed by atoms with Crippen molar-refractivity contribution in [2.75, 3.05) is 0 Å². The van der Waals surface area contributed by atoms with E-state index in [2.05, 4.69) is 5.16 Å². The smallest absolute Gasteiger partial charge is 0.383 e. The highest BCUT2D eigenvalue weighted by molar-refractivity contribution is 7.18. The molecule has 2 aromatic heterocycles. The molecule has 0 amide bonds. The Bertz CT molecular complexity index is 1050. The summed E-state index contributed by atoms with van der Waals surface area (Å²) in [5.41, 5.74) is 4.93. The van der Waals surface area contributed by atoms with Crippen LogP contribution in [0.3, 0.4) is 0 Å². The number of alkyl halides is 3. The molecule has 4 nitrogen and oxygen atoms in total. The maximum absolute atomic E-state index is 14.2. The van der Waals surface area contributed by atoms with Crippen LogP contribution < -0.4 is 5.73 Å². The lowest BCUT2D eigenvalue weighted by atomic mass is 9.88. The van der Waals surface area contributed by atoms with Gasteiger partial charge in [0.1, 0.15) is 15.9 Å². The molecule has 2 aliphatic rings. The number of halogens is 7. The summed E-state index contributed by atoms with van der Waals surface area (Å²) < 4.78 is 42.5. The summed E-state index contributed by atoms with van der Waals surface area (Å²) >= 11 is 19.7. The molecule has 4 rings (SSSR count). The zero-order chi connectivity index (χ0) is 21.1. The molecule has 30 heavy (non-hydrogen) atoms. The SMILES string of the molecule is Cl.N=C(N)c1sc(C2=NOC(c3sc(Cl)c(Cl)c3Cl)(C(F)(F)F)C2)c2c1CCCC2. The van der Waals surface area contributed by atoms with Gasteiger partial charge in [-0.25, -0.2) is 0 Å². The molecule has 164 valence electrons. The van der Waals surface area contributed by atoms with E-state index in [4.69, 9.17) is 50.8 Å². The summed E-state index contributed by atoms with van der Waals surface area (Å²) in [6.45, 7) is 0. The summed E-state index contributed by atoms with van der Waals surface area (Å²) in [5.74, 6) is -0.0964. The van der Waals surface area contributed by atoms with E-state index in [0.717, 1.165) is 30.4 Å². The molecule has 1 unspecified atom stereocenters. The largest absolute Gasteiger partial charge is 0.436 e. The Kier molecular flexibility index (Phi) is 6.65. The molecule has 3 N–H and O–H groups in total. The molecule has 0 saturated carbocycles. The van der Waals surface area contributed by atoms with E-state index < -0.39 is 18.2 Å². The van der Waals surface area contributed by atoms with Gasteiger partial charge in [-0.05, 0) is 36.8 Å². The van der Waals surface area contributed by atoms with Gasteiger partial charge >= 0.3 is 6.18 Å². The number of thiophene rings is 2. The van der Waals surface area contributed by atoms with Gasteiger partial charge in [-0.15, -0.1) is 35.1 Å². The molecule has 0 bridgehead atoms. The second kappa shape index (κ2) is 8.33. The van der Waals surface area contributed by atoms with E-state index in [1.54, 1.807) is 0 Å². The van der Waals surface area contributed by atoms with Crippen molar-refractivity contribution in [2.45, 2.75) is 43.9 Å². The van der Waals surface area contributed by atoms with Crippen molar-refractivity contribution in [1.82, 2.24) is 0 Å². The minimum absolute atomic E-state index is 0. The quantitative estimate of drug-likeness (QED) is 0.328. The molecule has 2 aromatic rings. The number of oxime groups is 1. The lowest BCUT2D eigenvalue weighted by Gasteiger charge is -2.28. The Labute approximate surface area is 199 Å². The third-order valence-electron chi connectivity index (χ3n) is 5.04. The van der Waals surface area contributed by atoms with Crippen molar-refractivity contribution in [3.05, 3.63) is 40.1 Å². The number of nitrogens with zero attached hydrogens (tertiary/aromatic N) is 1. The number of fused-ring (bicyclic) bond motifs is 1. The first kappa shape index (κ1) is 23.9. The first-order valence-electron chi connectivity index (χ1n) is 8.51. The van der Waals surface area contributed by atoms with Crippen molar-refractivity contribution >= 4 is 81.4 Å². The number of nitrogens with one attached hydrogen (secondary N) is 1. The zero-order valence-electron chi connectivity index (χ0n) is 15.0. The van der Waals surface area contributed by atoms with Crippen LogP contribution in [0.15, 0.2) is 5.16 Å². The van der Waals surface area contributed by atoms with Gasteiger partial charge in [0.25, 0.3) is 5.60 Å².